The minimum atomic E-state index is -0.0926. The van der Waals surface area contributed by atoms with Gasteiger partial charge in [0.1, 0.15) is 11.5 Å². The van der Waals surface area contributed by atoms with Crippen LogP contribution < -0.4 is 0 Å². The van der Waals surface area contributed by atoms with E-state index in [1.807, 2.05) is 0 Å². The van der Waals surface area contributed by atoms with E-state index in [-0.39, 0.29) is 11.5 Å². The molecule has 2 heteroatoms. The summed E-state index contributed by atoms with van der Waals surface area (Å²) < 4.78 is 0. The number of rotatable bonds is 0. The molecular formula is C6H4O2. The Morgan fingerprint density at radius 1 is 1.12 bits per heavy atom. The van der Waals surface area contributed by atoms with Crippen molar-refractivity contribution in [1.82, 2.24) is 0 Å². The molecule has 2 nitrogen and oxygen atoms in total. The summed E-state index contributed by atoms with van der Waals surface area (Å²) in [6, 6.07) is 7.39. The predicted molar refractivity (Wildman–Crippen MR) is 27.4 cm³/mol. The summed E-state index contributed by atoms with van der Waals surface area (Å²) in [5.74, 6) is -0.185. The molecule has 0 aliphatic carbocycles. The second-order valence-electron chi connectivity index (χ2n) is 1.35. The molecule has 0 saturated carbocycles. The van der Waals surface area contributed by atoms with E-state index in [1.54, 1.807) is 0 Å². The molecule has 0 aliphatic heterocycles. The summed E-state index contributed by atoms with van der Waals surface area (Å²) in [6.45, 7) is 0. The molecule has 0 spiro atoms. The Kier molecular flexibility index (Phi) is 1.08. The van der Waals surface area contributed by atoms with Gasteiger partial charge in [-0.15, -0.1) is 0 Å². The maximum atomic E-state index is 8.57. The van der Waals surface area contributed by atoms with Gasteiger partial charge in [0.15, 0.2) is 0 Å². The highest BCUT2D eigenvalue weighted by Crippen LogP contribution is 2.13. The fourth-order valence-electron chi connectivity index (χ4n) is 0.403. The second kappa shape index (κ2) is 1.74. The summed E-state index contributed by atoms with van der Waals surface area (Å²) in [7, 11) is 0. The van der Waals surface area contributed by atoms with Gasteiger partial charge in [-0.05, 0) is 18.2 Å². The molecule has 0 amide bonds. The summed E-state index contributed by atoms with van der Waals surface area (Å²) in [4.78, 5) is 0. The van der Waals surface area contributed by atoms with Crippen molar-refractivity contribution in [1.29, 1.82) is 0 Å². The topological polar surface area (TPSA) is 40.5 Å². The van der Waals surface area contributed by atoms with Crippen LogP contribution in [0.5, 0.6) is 11.5 Å². The maximum Gasteiger partial charge on any atom is 0.128 e. The largest absolute Gasteiger partial charge is 0.507 e. The molecule has 40 valence electrons. The average molecular weight is 108 g/mol. The van der Waals surface area contributed by atoms with Gasteiger partial charge >= 0.3 is 0 Å². The van der Waals surface area contributed by atoms with Crippen molar-refractivity contribution < 1.29 is 10.2 Å². The Balaban J connectivity index is 3.08. The van der Waals surface area contributed by atoms with Crippen LogP contribution in [0.15, 0.2) is 12.1 Å². The van der Waals surface area contributed by atoms with Gasteiger partial charge in [-0.3, -0.25) is 0 Å². The van der Waals surface area contributed by atoms with Gasteiger partial charge in [0, 0.05) is 0 Å². The van der Waals surface area contributed by atoms with Crippen LogP contribution in [0.4, 0.5) is 0 Å². The molecular weight excluding hydrogens is 104 g/mol. The zero-order chi connectivity index (χ0) is 5.98. The van der Waals surface area contributed by atoms with Crippen LogP contribution >= 0.6 is 0 Å². The highest BCUT2D eigenvalue weighted by atomic mass is 16.3. The van der Waals surface area contributed by atoms with Crippen molar-refractivity contribution >= 4 is 0 Å². The van der Waals surface area contributed by atoms with Crippen molar-refractivity contribution in [2.24, 2.45) is 0 Å². The first kappa shape index (κ1) is 4.97. The van der Waals surface area contributed by atoms with Crippen LogP contribution in [0, 0.1) is 12.1 Å². The van der Waals surface area contributed by atoms with E-state index in [9.17, 15) is 0 Å². The fraction of sp³-hybridized carbons (Fsp3) is 0. The van der Waals surface area contributed by atoms with Crippen LogP contribution in [0.1, 0.15) is 0 Å². The molecule has 0 atom stereocenters. The van der Waals surface area contributed by atoms with Gasteiger partial charge in [0.25, 0.3) is 0 Å². The van der Waals surface area contributed by atoms with Crippen LogP contribution in [-0.4, -0.2) is 10.2 Å². The Morgan fingerprint density at radius 2 is 1.62 bits per heavy atom. The van der Waals surface area contributed by atoms with Crippen LogP contribution in [-0.2, 0) is 0 Å². The normalized spacial score (nSPS) is 9.00. The standard InChI is InChI=1S/C6H4O2/c7-5-2-1-3-6(8)4-5/h2-3,7-8H. The molecule has 1 rings (SSSR count). The van der Waals surface area contributed by atoms with Gasteiger partial charge in [0.2, 0.25) is 0 Å². The average Bonchev–Trinajstić information content (AvgIpc) is 1.64. The van der Waals surface area contributed by atoms with Gasteiger partial charge in [-0.2, -0.15) is 0 Å². The third-order valence-electron chi connectivity index (χ3n) is 0.696. The van der Waals surface area contributed by atoms with E-state index < -0.39 is 0 Å². The smallest absolute Gasteiger partial charge is 0.128 e. The number of benzene rings is 1. The van der Waals surface area contributed by atoms with Gasteiger partial charge in [0.05, 0.1) is 6.07 Å². The highest BCUT2D eigenvalue weighted by molar-refractivity contribution is 5.27. The number of phenols is 2. The SMILES string of the molecule is Oc1[c]c(O)c[c]c1. The molecule has 2 N–H and O–H groups in total. The van der Waals surface area contributed by atoms with Crippen LogP contribution in [0.3, 0.4) is 0 Å². The fourth-order valence-corrected chi connectivity index (χ4v) is 0.403. The Bertz CT molecular complexity index is 166. The van der Waals surface area contributed by atoms with E-state index in [4.69, 9.17) is 10.2 Å². The van der Waals surface area contributed by atoms with E-state index in [2.05, 4.69) is 12.1 Å². The molecule has 8 heavy (non-hydrogen) atoms. The Hall–Kier alpha value is -1.18. The van der Waals surface area contributed by atoms with Crippen molar-refractivity contribution in [2.75, 3.05) is 0 Å². The Morgan fingerprint density at radius 3 is 1.88 bits per heavy atom. The predicted octanol–water partition coefficient (Wildman–Crippen LogP) is 0.698. The van der Waals surface area contributed by atoms with Crippen molar-refractivity contribution in [3.8, 4) is 11.5 Å². The molecule has 0 unspecified atom stereocenters. The minimum Gasteiger partial charge on any atom is -0.507 e. The highest BCUT2D eigenvalue weighted by Gasteiger charge is 1.87. The lowest BCUT2D eigenvalue weighted by atomic mass is 10.3. The van der Waals surface area contributed by atoms with E-state index >= 15 is 0 Å². The van der Waals surface area contributed by atoms with Crippen molar-refractivity contribution in [3.05, 3.63) is 24.3 Å². The molecule has 0 fully saturated rings. The molecule has 2 radical (unpaired) electrons. The van der Waals surface area contributed by atoms with Crippen LogP contribution in [0.2, 0.25) is 0 Å². The number of hydrogen-bond acceptors (Lipinski definition) is 2. The van der Waals surface area contributed by atoms with E-state index in [0.717, 1.165) is 0 Å². The van der Waals surface area contributed by atoms with Crippen LogP contribution in [0.25, 0.3) is 0 Å². The second-order valence-corrected chi connectivity index (χ2v) is 1.35. The summed E-state index contributed by atoms with van der Waals surface area (Å²) in [5.41, 5.74) is 0. The number of aromatic hydroxyl groups is 2. The molecule has 1 aromatic carbocycles. The third kappa shape index (κ3) is 0.904. The molecule has 0 aliphatic rings. The van der Waals surface area contributed by atoms with E-state index in [0.29, 0.717) is 0 Å². The monoisotopic (exact) mass is 108 g/mol. The van der Waals surface area contributed by atoms with Gasteiger partial charge in [-0.1, -0.05) is 0 Å². The zero-order valence-electron chi connectivity index (χ0n) is 4.05. The van der Waals surface area contributed by atoms with Crippen molar-refractivity contribution in [3.63, 3.8) is 0 Å². The van der Waals surface area contributed by atoms with Gasteiger partial charge in [-0.25, -0.2) is 0 Å². The first-order chi connectivity index (χ1) is 3.79. The maximum absolute atomic E-state index is 8.57. The third-order valence-corrected chi connectivity index (χ3v) is 0.696. The van der Waals surface area contributed by atoms with Crippen molar-refractivity contribution in [2.45, 2.75) is 0 Å². The Labute approximate surface area is 47.0 Å². The number of hydrogen-bond donors (Lipinski definition) is 2. The summed E-state index contributed by atoms with van der Waals surface area (Å²) in [6.07, 6.45) is 0. The molecule has 0 bridgehead atoms. The number of phenolic OH excluding ortho intramolecular Hbond substituents is 2. The molecule has 0 saturated heterocycles. The molecule has 0 heterocycles. The lowest BCUT2D eigenvalue weighted by Crippen LogP contribution is -1.63. The quantitative estimate of drug-likeness (QED) is 0.513. The minimum absolute atomic E-state index is 0.0926. The zero-order valence-corrected chi connectivity index (χ0v) is 4.05. The molecule has 0 aromatic heterocycles. The molecule has 1 aromatic rings. The first-order valence-corrected chi connectivity index (χ1v) is 2.10. The first-order valence-electron chi connectivity index (χ1n) is 2.10. The van der Waals surface area contributed by atoms with E-state index in [1.165, 1.54) is 12.1 Å². The summed E-state index contributed by atoms with van der Waals surface area (Å²) >= 11 is 0. The van der Waals surface area contributed by atoms with Gasteiger partial charge < -0.3 is 10.2 Å². The summed E-state index contributed by atoms with van der Waals surface area (Å²) in [5, 5.41) is 17.1. The lowest BCUT2D eigenvalue weighted by Gasteiger charge is -1.87. The lowest BCUT2D eigenvalue weighted by molar-refractivity contribution is 0.448.